The molecule has 2 aromatic carbocycles. The van der Waals surface area contributed by atoms with Crippen molar-refractivity contribution in [2.45, 2.75) is 19.8 Å². The minimum atomic E-state index is -0.529. The molecule has 0 radical (unpaired) electrons. The Morgan fingerprint density at radius 3 is 2.11 bits per heavy atom. The highest BCUT2D eigenvalue weighted by Gasteiger charge is 2.10. The molecule has 0 fully saturated rings. The standard InChI is InChI=1S/C21H24O6/c1-15(2)16-4-8-18(9-5-16)26-14-20(22)27-19-10-6-17(7-11-19)21(23)25-13-12-24-3/h4-11,15H,12-14H2,1-3H3. The number of hydrogen-bond donors (Lipinski definition) is 0. The first-order valence-electron chi connectivity index (χ1n) is 8.69. The summed E-state index contributed by atoms with van der Waals surface area (Å²) in [5.41, 5.74) is 1.57. The predicted octanol–water partition coefficient (Wildman–Crippen LogP) is 3.60. The van der Waals surface area contributed by atoms with Crippen LogP contribution in [0.4, 0.5) is 0 Å². The highest BCUT2D eigenvalue weighted by atomic mass is 16.6. The van der Waals surface area contributed by atoms with Gasteiger partial charge < -0.3 is 18.9 Å². The molecule has 0 amide bonds. The van der Waals surface area contributed by atoms with Gasteiger partial charge in [-0.2, -0.15) is 0 Å². The molecule has 0 unspecified atom stereocenters. The molecule has 144 valence electrons. The van der Waals surface area contributed by atoms with E-state index in [0.29, 0.717) is 29.6 Å². The number of hydrogen-bond acceptors (Lipinski definition) is 6. The van der Waals surface area contributed by atoms with E-state index >= 15 is 0 Å². The van der Waals surface area contributed by atoms with Gasteiger partial charge in [-0.25, -0.2) is 9.59 Å². The number of esters is 2. The molecule has 0 aromatic heterocycles. The fourth-order valence-corrected chi connectivity index (χ4v) is 2.21. The van der Waals surface area contributed by atoms with Gasteiger partial charge >= 0.3 is 11.9 Å². The highest BCUT2D eigenvalue weighted by Crippen LogP contribution is 2.19. The summed E-state index contributed by atoms with van der Waals surface area (Å²) < 4.78 is 20.5. The predicted molar refractivity (Wildman–Crippen MR) is 100 cm³/mol. The van der Waals surface area contributed by atoms with Crippen molar-refractivity contribution in [1.82, 2.24) is 0 Å². The van der Waals surface area contributed by atoms with E-state index in [2.05, 4.69) is 13.8 Å². The summed E-state index contributed by atoms with van der Waals surface area (Å²) in [6.45, 7) is 4.53. The topological polar surface area (TPSA) is 71.1 Å². The van der Waals surface area contributed by atoms with Crippen molar-refractivity contribution in [2.24, 2.45) is 0 Å². The molecule has 27 heavy (non-hydrogen) atoms. The summed E-state index contributed by atoms with van der Waals surface area (Å²) in [6, 6.07) is 13.7. The lowest BCUT2D eigenvalue weighted by molar-refractivity contribution is -0.136. The summed E-state index contributed by atoms with van der Waals surface area (Å²) in [5.74, 6) is 0.374. The SMILES string of the molecule is COCCOC(=O)c1ccc(OC(=O)COc2ccc(C(C)C)cc2)cc1. The maximum Gasteiger partial charge on any atom is 0.349 e. The number of methoxy groups -OCH3 is 1. The van der Waals surface area contributed by atoms with Gasteiger partial charge in [-0.05, 0) is 47.9 Å². The third-order valence-electron chi connectivity index (χ3n) is 3.75. The third kappa shape index (κ3) is 6.75. The van der Waals surface area contributed by atoms with E-state index in [0.717, 1.165) is 0 Å². The zero-order chi connectivity index (χ0) is 19.6. The van der Waals surface area contributed by atoms with Crippen molar-refractivity contribution in [3.8, 4) is 11.5 Å². The molecule has 0 bridgehead atoms. The number of benzene rings is 2. The molecule has 0 aliphatic rings. The van der Waals surface area contributed by atoms with Gasteiger partial charge in [0.1, 0.15) is 18.1 Å². The summed E-state index contributed by atoms with van der Waals surface area (Å²) in [6.07, 6.45) is 0. The lowest BCUT2D eigenvalue weighted by atomic mass is 10.0. The molecule has 6 heteroatoms. The smallest absolute Gasteiger partial charge is 0.349 e. The van der Waals surface area contributed by atoms with Crippen molar-refractivity contribution in [1.29, 1.82) is 0 Å². The second kappa shape index (κ2) is 10.3. The first-order chi connectivity index (χ1) is 13.0. The van der Waals surface area contributed by atoms with Crippen LogP contribution in [-0.4, -0.2) is 38.9 Å². The van der Waals surface area contributed by atoms with Crippen LogP contribution in [0.1, 0.15) is 35.7 Å². The number of carbonyl (C=O) groups excluding carboxylic acids is 2. The Bertz CT molecular complexity index is 734. The van der Waals surface area contributed by atoms with Gasteiger partial charge in [-0.1, -0.05) is 26.0 Å². The molecule has 0 aliphatic carbocycles. The molecule has 2 aromatic rings. The maximum atomic E-state index is 11.9. The summed E-state index contributed by atoms with van der Waals surface area (Å²) in [7, 11) is 1.53. The first-order valence-corrected chi connectivity index (χ1v) is 8.69. The molecule has 0 N–H and O–H groups in total. The quantitative estimate of drug-likeness (QED) is 0.380. The molecular weight excluding hydrogens is 348 g/mol. The first kappa shape index (κ1) is 20.5. The zero-order valence-electron chi connectivity index (χ0n) is 15.8. The average Bonchev–Trinajstić information content (AvgIpc) is 2.67. The van der Waals surface area contributed by atoms with Crippen LogP contribution in [0, 0.1) is 0 Å². The van der Waals surface area contributed by atoms with Crippen molar-refractivity contribution in [3.05, 3.63) is 59.7 Å². The Morgan fingerprint density at radius 1 is 0.889 bits per heavy atom. The van der Waals surface area contributed by atoms with E-state index in [9.17, 15) is 9.59 Å². The van der Waals surface area contributed by atoms with Crippen LogP contribution < -0.4 is 9.47 Å². The van der Waals surface area contributed by atoms with Crippen LogP contribution in [0.5, 0.6) is 11.5 Å². The van der Waals surface area contributed by atoms with E-state index in [1.807, 2.05) is 24.3 Å². The minimum absolute atomic E-state index is 0.182. The molecule has 6 nitrogen and oxygen atoms in total. The Labute approximate surface area is 159 Å². The van der Waals surface area contributed by atoms with E-state index in [1.54, 1.807) is 0 Å². The van der Waals surface area contributed by atoms with E-state index < -0.39 is 11.9 Å². The molecule has 0 aliphatic heterocycles. The third-order valence-corrected chi connectivity index (χ3v) is 3.75. The Morgan fingerprint density at radius 2 is 1.52 bits per heavy atom. The number of rotatable bonds is 9. The van der Waals surface area contributed by atoms with Crippen LogP contribution in [0.3, 0.4) is 0 Å². The zero-order valence-corrected chi connectivity index (χ0v) is 15.8. The normalized spacial score (nSPS) is 10.5. The average molecular weight is 372 g/mol. The van der Waals surface area contributed by atoms with E-state index in [1.165, 1.54) is 36.9 Å². The molecular formula is C21H24O6. The van der Waals surface area contributed by atoms with Gasteiger partial charge in [0, 0.05) is 7.11 Å². The van der Waals surface area contributed by atoms with Crippen LogP contribution >= 0.6 is 0 Å². The second-order valence-corrected chi connectivity index (χ2v) is 6.14. The molecule has 0 saturated carbocycles. The Balaban J connectivity index is 1.80. The van der Waals surface area contributed by atoms with Gasteiger partial charge in [-0.15, -0.1) is 0 Å². The largest absolute Gasteiger partial charge is 0.482 e. The van der Waals surface area contributed by atoms with Crippen LogP contribution in [0.15, 0.2) is 48.5 Å². The van der Waals surface area contributed by atoms with Crippen molar-refractivity contribution >= 4 is 11.9 Å². The Kier molecular flexibility index (Phi) is 7.82. The van der Waals surface area contributed by atoms with Gasteiger partial charge in [0.2, 0.25) is 0 Å². The summed E-state index contributed by atoms with van der Waals surface area (Å²) >= 11 is 0. The monoisotopic (exact) mass is 372 g/mol. The van der Waals surface area contributed by atoms with Crippen molar-refractivity contribution in [2.75, 3.05) is 26.9 Å². The number of carbonyl (C=O) groups is 2. The fraction of sp³-hybridized carbons (Fsp3) is 0.333. The van der Waals surface area contributed by atoms with Crippen LogP contribution in [0.25, 0.3) is 0 Å². The van der Waals surface area contributed by atoms with E-state index in [-0.39, 0.29) is 13.2 Å². The second-order valence-electron chi connectivity index (χ2n) is 6.14. The lowest BCUT2D eigenvalue weighted by Crippen LogP contribution is -2.17. The summed E-state index contributed by atoms with van der Waals surface area (Å²) in [5, 5.41) is 0. The van der Waals surface area contributed by atoms with Crippen molar-refractivity contribution in [3.63, 3.8) is 0 Å². The molecule has 0 atom stereocenters. The summed E-state index contributed by atoms with van der Waals surface area (Å²) in [4.78, 5) is 23.7. The molecule has 0 saturated heterocycles. The fourth-order valence-electron chi connectivity index (χ4n) is 2.21. The highest BCUT2D eigenvalue weighted by molar-refractivity contribution is 5.89. The van der Waals surface area contributed by atoms with E-state index in [4.69, 9.17) is 18.9 Å². The van der Waals surface area contributed by atoms with Gasteiger partial charge in [0.05, 0.1) is 12.2 Å². The van der Waals surface area contributed by atoms with Crippen LogP contribution in [-0.2, 0) is 14.3 Å². The molecule has 0 heterocycles. The number of ether oxygens (including phenoxy) is 4. The molecule has 2 rings (SSSR count). The van der Waals surface area contributed by atoms with Gasteiger partial charge in [0.15, 0.2) is 6.61 Å². The Hall–Kier alpha value is -2.86. The lowest BCUT2D eigenvalue weighted by Gasteiger charge is -2.09. The van der Waals surface area contributed by atoms with Crippen LogP contribution in [0.2, 0.25) is 0 Å². The van der Waals surface area contributed by atoms with Crippen molar-refractivity contribution < 1.29 is 28.5 Å². The van der Waals surface area contributed by atoms with Gasteiger partial charge in [0.25, 0.3) is 0 Å². The maximum absolute atomic E-state index is 11.9. The minimum Gasteiger partial charge on any atom is -0.482 e. The van der Waals surface area contributed by atoms with Gasteiger partial charge in [-0.3, -0.25) is 0 Å². The molecule has 0 spiro atoms.